The fourth-order valence-corrected chi connectivity index (χ4v) is 1.96. The molecule has 0 spiro atoms. The number of ether oxygens (including phenoxy) is 1. The number of rotatable bonds is 4. The van der Waals surface area contributed by atoms with Crippen molar-refractivity contribution in [1.29, 1.82) is 0 Å². The molecule has 1 saturated heterocycles. The minimum atomic E-state index is -0.557. The van der Waals surface area contributed by atoms with Crippen molar-refractivity contribution >= 4 is 12.0 Å². The Balaban J connectivity index is 2.42. The van der Waals surface area contributed by atoms with Crippen LogP contribution < -0.4 is 5.32 Å². The van der Waals surface area contributed by atoms with E-state index in [2.05, 4.69) is 5.32 Å². The van der Waals surface area contributed by atoms with E-state index >= 15 is 0 Å². The molecule has 1 aliphatic rings. The highest BCUT2D eigenvalue weighted by Crippen LogP contribution is 2.17. The van der Waals surface area contributed by atoms with Crippen LogP contribution in [0.3, 0.4) is 0 Å². The van der Waals surface area contributed by atoms with E-state index in [0.29, 0.717) is 19.7 Å². The van der Waals surface area contributed by atoms with Gasteiger partial charge in [-0.1, -0.05) is 0 Å². The number of hydrogen-bond donors (Lipinski definition) is 2. The summed E-state index contributed by atoms with van der Waals surface area (Å²) in [6.45, 7) is 4.99. The topological polar surface area (TPSA) is 78.9 Å². The highest BCUT2D eigenvalue weighted by Gasteiger charge is 2.28. The molecule has 6 heteroatoms. The van der Waals surface area contributed by atoms with E-state index in [1.54, 1.807) is 18.7 Å². The molecular weight excluding hydrogens is 236 g/mol. The Kier molecular flexibility index (Phi) is 5.91. The molecule has 0 aromatic rings. The number of aliphatic hydroxyl groups excluding tert-OH is 1. The van der Waals surface area contributed by atoms with Crippen molar-refractivity contribution in [3.8, 4) is 0 Å². The van der Waals surface area contributed by atoms with Crippen LogP contribution in [0.1, 0.15) is 26.7 Å². The maximum Gasteiger partial charge on any atom is 0.409 e. The molecule has 2 N–H and O–H groups in total. The van der Waals surface area contributed by atoms with Gasteiger partial charge in [0.2, 0.25) is 5.91 Å². The van der Waals surface area contributed by atoms with Crippen LogP contribution in [-0.2, 0) is 9.53 Å². The molecule has 1 aliphatic heterocycles. The summed E-state index contributed by atoms with van der Waals surface area (Å²) in [6.07, 6.45) is 0.650. The quantitative estimate of drug-likeness (QED) is 0.762. The number of hydrogen-bond acceptors (Lipinski definition) is 4. The first-order valence-electron chi connectivity index (χ1n) is 6.42. The van der Waals surface area contributed by atoms with E-state index < -0.39 is 6.10 Å². The smallest absolute Gasteiger partial charge is 0.409 e. The maximum absolute atomic E-state index is 11.8. The van der Waals surface area contributed by atoms with Gasteiger partial charge in [-0.2, -0.15) is 0 Å². The molecular formula is C12H22N2O4. The molecule has 0 aromatic heterocycles. The van der Waals surface area contributed by atoms with Gasteiger partial charge in [0, 0.05) is 19.6 Å². The summed E-state index contributed by atoms with van der Waals surface area (Å²) in [5, 5.41) is 11.8. The summed E-state index contributed by atoms with van der Waals surface area (Å²) in [6, 6.07) is 0. The lowest BCUT2D eigenvalue weighted by Gasteiger charge is -2.31. The fraction of sp³-hybridized carbons (Fsp3) is 0.833. The number of carbonyl (C=O) groups is 2. The first-order valence-corrected chi connectivity index (χ1v) is 6.42. The minimum Gasteiger partial charge on any atom is -0.450 e. The molecule has 1 rings (SSSR count). The number of amides is 2. The zero-order valence-corrected chi connectivity index (χ0v) is 11.0. The molecule has 2 amide bonds. The van der Waals surface area contributed by atoms with Gasteiger partial charge in [-0.3, -0.25) is 4.79 Å². The van der Waals surface area contributed by atoms with Gasteiger partial charge in [0.1, 0.15) is 0 Å². The summed E-state index contributed by atoms with van der Waals surface area (Å²) in [5.41, 5.74) is 0. The molecule has 2 unspecified atom stereocenters. The second-order valence-electron chi connectivity index (χ2n) is 4.58. The highest BCUT2D eigenvalue weighted by atomic mass is 16.6. The predicted molar refractivity (Wildman–Crippen MR) is 66.0 cm³/mol. The highest BCUT2D eigenvalue weighted by molar-refractivity contribution is 5.80. The van der Waals surface area contributed by atoms with Crippen LogP contribution in [0.15, 0.2) is 0 Å². The maximum atomic E-state index is 11.8. The van der Waals surface area contributed by atoms with Gasteiger partial charge in [-0.25, -0.2) is 4.79 Å². The first kappa shape index (κ1) is 14.8. The third-order valence-corrected chi connectivity index (χ3v) is 2.89. The van der Waals surface area contributed by atoms with Crippen LogP contribution in [0.4, 0.5) is 4.79 Å². The van der Waals surface area contributed by atoms with Crippen molar-refractivity contribution < 1.29 is 19.4 Å². The largest absolute Gasteiger partial charge is 0.450 e. The number of nitrogens with one attached hydrogen (secondary N) is 1. The lowest BCUT2D eigenvalue weighted by Crippen LogP contribution is -2.46. The van der Waals surface area contributed by atoms with E-state index in [4.69, 9.17) is 9.84 Å². The Morgan fingerprint density at radius 3 is 2.89 bits per heavy atom. The third-order valence-electron chi connectivity index (χ3n) is 2.89. The fourth-order valence-electron chi connectivity index (χ4n) is 1.96. The van der Waals surface area contributed by atoms with Crippen molar-refractivity contribution in [2.24, 2.45) is 5.92 Å². The molecule has 0 aromatic carbocycles. The summed E-state index contributed by atoms with van der Waals surface area (Å²) in [5.74, 6) is -0.313. The zero-order chi connectivity index (χ0) is 13.5. The van der Waals surface area contributed by atoms with E-state index in [1.807, 2.05) is 0 Å². The molecule has 1 fully saturated rings. The SMILES string of the molecule is CCOC(=O)N1CCCC(C(=O)NCC(C)O)C1. The monoisotopic (exact) mass is 258 g/mol. The summed E-state index contributed by atoms with van der Waals surface area (Å²) >= 11 is 0. The Morgan fingerprint density at radius 2 is 2.28 bits per heavy atom. The van der Waals surface area contributed by atoms with Gasteiger partial charge < -0.3 is 20.1 Å². The molecule has 104 valence electrons. The van der Waals surface area contributed by atoms with Gasteiger partial charge in [-0.15, -0.1) is 0 Å². The molecule has 2 atom stereocenters. The van der Waals surface area contributed by atoms with Gasteiger partial charge in [0.05, 0.1) is 18.6 Å². The van der Waals surface area contributed by atoms with Crippen LogP contribution >= 0.6 is 0 Å². The zero-order valence-electron chi connectivity index (χ0n) is 11.0. The molecule has 0 bridgehead atoms. The lowest BCUT2D eigenvalue weighted by atomic mass is 9.97. The molecule has 1 heterocycles. The van der Waals surface area contributed by atoms with Crippen molar-refractivity contribution in [3.05, 3.63) is 0 Å². The second kappa shape index (κ2) is 7.20. The predicted octanol–water partition coefficient (Wildman–Crippen LogP) is 0.352. The van der Waals surface area contributed by atoms with Crippen LogP contribution in [0.25, 0.3) is 0 Å². The Labute approximate surface area is 107 Å². The van der Waals surface area contributed by atoms with Gasteiger partial charge in [-0.05, 0) is 26.7 Å². The van der Waals surface area contributed by atoms with Crippen LogP contribution in [-0.4, -0.2) is 54.4 Å². The van der Waals surface area contributed by atoms with E-state index in [-0.39, 0.29) is 24.5 Å². The average molecular weight is 258 g/mol. The van der Waals surface area contributed by atoms with Crippen molar-refractivity contribution in [1.82, 2.24) is 10.2 Å². The molecule has 0 saturated carbocycles. The van der Waals surface area contributed by atoms with Crippen molar-refractivity contribution in [2.75, 3.05) is 26.2 Å². The van der Waals surface area contributed by atoms with E-state index in [9.17, 15) is 9.59 Å². The summed E-state index contributed by atoms with van der Waals surface area (Å²) < 4.78 is 4.92. The molecule has 0 radical (unpaired) electrons. The van der Waals surface area contributed by atoms with Gasteiger partial charge in [0.25, 0.3) is 0 Å². The van der Waals surface area contributed by atoms with Gasteiger partial charge in [0.15, 0.2) is 0 Å². The molecule has 6 nitrogen and oxygen atoms in total. The Bertz CT molecular complexity index is 294. The van der Waals surface area contributed by atoms with E-state index in [0.717, 1.165) is 12.8 Å². The normalized spacial score (nSPS) is 21.3. The summed E-state index contributed by atoms with van der Waals surface area (Å²) in [7, 11) is 0. The third kappa shape index (κ3) is 4.52. The minimum absolute atomic E-state index is 0.107. The molecule has 0 aliphatic carbocycles. The van der Waals surface area contributed by atoms with Gasteiger partial charge >= 0.3 is 6.09 Å². The van der Waals surface area contributed by atoms with Crippen molar-refractivity contribution in [3.63, 3.8) is 0 Å². The van der Waals surface area contributed by atoms with Crippen molar-refractivity contribution in [2.45, 2.75) is 32.8 Å². The number of piperidine rings is 1. The Morgan fingerprint density at radius 1 is 1.56 bits per heavy atom. The Hall–Kier alpha value is -1.30. The number of likely N-dealkylation sites (tertiary alicyclic amines) is 1. The lowest BCUT2D eigenvalue weighted by molar-refractivity contribution is -0.126. The summed E-state index contributed by atoms with van der Waals surface area (Å²) in [4.78, 5) is 25.0. The standard InChI is InChI=1S/C12H22N2O4/c1-3-18-12(17)14-6-4-5-10(8-14)11(16)13-7-9(2)15/h9-10,15H,3-8H2,1-2H3,(H,13,16). The average Bonchev–Trinajstić information content (AvgIpc) is 2.36. The molecule has 18 heavy (non-hydrogen) atoms. The first-order chi connectivity index (χ1) is 8.54. The van der Waals surface area contributed by atoms with E-state index in [1.165, 1.54) is 0 Å². The van der Waals surface area contributed by atoms with Crippen LogP contribution in [0, 0.1) is 5.92 Å². The second-order valence-corrected chi connectivity index (χ2v) is 4.58. The number of aliphatic hydroxyl groups is 1. The number of nitrogens with zero attached hydrogens (tertiary/aromatic N) is 1. The van der Waals surface area contributed by atoms with Crippen LogP contribution in [0.2, 0.25) is 0 Å². The van der Waals surface area contributed by atoms with Crippen LogP contribution in [0.5, 0.6) is 0 Å². The number of carbonyl (C=O) groups excluding carboxylic acids is 2.